The molecule has 0 aliphatic carbocycles. The second-order valence-corrected chi connectivity index (χ2v) is 5.04. The summed E-state index contributed by atoms with van der Waals surface area (Å²) in [5.41, 5.74) is 0.378. The number of aryl methyl sites for hydroxylation is 2. The Balaban J connectivity index is 2.71. The van der Waals surface area contributed by atoms with Crippen molar-refractivity contribution in [2.75, 3.05) is 0 Å². The molecule has 0 amide bonds. The predicted octanol–water partition coefficient (Wildman–Crippen LogP) is 1.18. The zero-order valence-electron chi connectivity index (χ0n) is 11.9. The van der Waals surface area contributed by atoms with E-state index in [2.05, 4.69) is 11.9 Å². The molecule has 6 heteroatoms. The molecule has 1 atom stereocenters. The normalized spacial score (nSPS) is 13.1. The lowest BCUT2D eigenvalue weighted by Crippen LogP contribution is -2.41. The fourth-order valence-corrected chi connectivity index (χ4v) is 2.38. The number of imidazole rings is 1. The molecule has 2 heterocycles. The van der Waals surface area contributed by atoms with Gasteiger partial charge in [0.25, 0.3) is 5.56 Å². The fraction of sp³-hybridized carbons (Fsp3) is 0.615. The van der Waals surface area contributed by atoms with Gasteiger partial charge in [0.2, 0.25) is 0 Å². The Morgan fingerprint density at radius 2 is 2.00 bits per heavy atom. The van der Waals surface area contributed by atoms with Crippen molar-refractivity contribution >= 4 is 11.2 Å². The van der Waals surface area contributed by atoms with Gasteiger partial charge in [-0.25, -0.2) is 9.78 Å². The first-order valence-corrected chi connectivity index (χ1v) is 6.61. The number of unbranched alkanes of at least 4 members (excludes halogenated alkanes) is 1. The van der Waals surface area contributed by atoms with Crippen LogP contribution >= 0.6 is 0 Å². The SMILES string of the molecule is CCCCC(C)n1c(=O)c2c(ncn2C)n(C)c1=O. The monoisotopic (exact) mass is 264 g/mol. The highest BCUT2D eigenvalue weighted by atomic mass is 16.2. The number of nitrogens with zero attached hydrogens (tertiary/aromatic N) is 4. The van der Waals surface area contributed by atoms with Crippen LogP contribution in [0.25, 0.3) is 11.2 Å². The molecule has 104 valence electrons. The van der Waals surface area contributed by atoms with Crippen LogP contribution in [0.15, 0.2) is 15.9 Å². The minimum Gasteiger partial charge on any atom is -0.328 e. The third-order valence-electron chi connectivity index (χ3n) is 3.57. The molecule has 0 aliphatic heterocycles. The molecule has 0 N–H and O–H groups in total. The van der Waals surface area contributed by atoms with Crippen molar-refractivity contribution in [2.24, 2.45) is 14.1 Å². The maximum absolute atomic E-state index is 12.5. The van der Waals surface area contributed by atoms with Crippen molar-refractivity contribution in [1.82, 2.24) is 18.7 Å². The smallest absolute Gasteiger partial charge is 0.328 e. The molecule has 0 aromatic carbocycles. The van der Waals surface area contributed by atoms with Gasteiger partial charge in [-0.2, -0.15) is 0 Å². The lowest BCUT2D eigenvalue weighted by molar-refractivity contribution is 0.447. The van der Waals surface area contributed by atoms with Gasteiger partial charge >= 0.3 is 5.69 Å². The van der Waals surface area contributed by atoms with Crippen LogP contribution in [-0.4, -0.2) is 18.7 Å². The number of aromatic nitrogens is 4. The molecule has 2 rings (SSSR count). The Morgan fingerprint density at radius 1 is 1.32 bits per heavy atom. The van der Waals surface area contributed by atoms with Crippen LogP contribution < -0.4 is 11.2 Å². The maximum atomic E-state index is 12.5. The predicted molar refractivity (Wildman–Crippen MR) is 74.5 cm³/mol. The van der Waals surface area contributed by atoms with Crippen LogP contribution in [0.5, 0.6) is 0 Å². The average Bonchev–Trinajstić information content (AvgIpc) is 2.76. The Kier molecular flexibility index (Phi) is 3.59. The van der Waals surface area contributed by atoms with Gasteiger partial charge in [-0.05, 0) is 13.3 Å². The Bertz CT molecular complexity index is 708. The van der Waals surface area contributed by atoms with Crippen molar-refractivity contribution in [3.05, 3.63) is 27.2 Å². The molecule has 0 saturated heterocycles. The second kappa shape index (κ2) is 5.03. The summed E-state index contributed by atoms with van der Waals surface area (Å²) in [6, 6.07) is -0.0922. The Hall–Kier alpha value is -1.85. The molecule has 0 spiro atoms. The molecule has 6 nitrogen and oxygen atoms in total. The number of hydrogen-bond acceptors (Lipinski definition) is 3. The van der Waals surface area contributed by atoms with Crippen LogP contribution in [0.3, 0.4) is 0 Å². The van der Waals surface area contributed by atoms with Gasteiger partial charge in [0.15, 0.2) is 11.2 Å². The van der Waals surface area contributed by atoms with Gasteiger partial charge < -0.3 is 4.57 Å². The summed E-state index contributed by atoms with van der Waals surface area (Å²) in [6.45, 7) is 4.01. The highest BCUT2D eigenvalue weighted by Crippen LogP contribution is 2.12. The molecule has 0 saturated carbocycles. The topological polar surface area (TPSA) is 61.8 Å². The van der Waals surface area contributed by atoms with Gasteiger partial charge in [0.05, 0.1) is 6.33 Å². The third kappa shape index (κ3) is 2.11. The zero-order chi connectivity index (χ0) is 14.2. The lowest BCUT2D eigenvalue weighted by atomic mass is 10.1. The molecule has 19 heavy (non-hydrogen) atoms. The van der Waals surface area contributed by atoms with Gasteiger partial charge in [-0.3, -0.25) is 13.9 Å². The van der Waals surface area contributed by atoms with E-state index in [1.807, 2.05) is 6.92 Å². The van der Waals surface area contributed by atoms with Gasteiger partial charge in [0, 0.05) is 20.1 Å². The van der Waals surface area contributed by atoms with Crippen molar-refractivity contribution in [3.8, 4) is 0 Å². The molecule has 0 bridgehead atoms. The molecule has 1 unspecified atom stereocenters. The molecular formula is C13H20N4O2. The van der Waals surface area contributed by atoms with Crippen LogP contribution in [0, 0.1) is 0 Å². The third-order valence-corrected chi connectivity index (χ3v) is 3.57. The van der Waals surface area contributed by atoms with Crippen molar-refractivity contribution in [1.29, 1.82) is 0 Å². The van der Waals surface area contributed by atoms with E-state index in [-0.39, 0.29) is 17.3 Å². The molecule has 0 fully saturated rings. The van der Waals surface area contributed by atoms with E-state index in [1.54, 1.807) is 25.0 Å². The van der Waals surface area contributed by atoms with Crippen molar-refractivity contribution < 1.29 is 0 Å². The van der Waals surface area contributed by atoms with Gasteiger partial charge in [-0.15, -0.1) is 0 Å². The summed E-state index contributed by atoms with van der Waals surface area (Å²) in [5, 5.41) is 0. The summed E-state index contributed by atoms with van der Waals surface area (Å²) >= 11 is 0. The quantitative estimate of drug-likeness (QED) is 0.833. The minimum atomic E-state index is -0.292. The van der Waals surface area contributed by atoms with Gasteiger partial charge in [0.1, 0.15) is 0 Å². The zero-order valence-corrected chi connectivity index (χ0v) is 11.9. The number of fused-ring (bicyclic) bond motifs is 1. The first kappa shape index (κ1) is 13.6. The van der Waals surface area contributed by atoms with Crippen LogP contribution in [0.4, 0.5) is 0 Å². The van der Waals surface area contributed by atoms with Crippen LogP contribution in [0.2, 0.25) is 0 Å². The van der Waals surface area contributed by atoms with E-state index in [1.165, 1.54) is 9.13 Å². The summed E-state index contributed by atoms with van der Waals surface area (Å²) in [7, 11) is 3.42. The maximum Gasteiger partial charge on any atom is 0.332 e. The van der Waals surface area contributed by atoms with E-state index < -0.39 is 0 Å². The first-order chi connectivity index (χ1) is 8.99. The molecule has 0 aliphatic rings. The Labute approximate surface area is 111 Å². The standard InChI is InChI=1S/C13H20N4O2/c1-5-6-7-9(2)17-12(18)10-11(14-8-15(10)3)16(4)13(17)19/h8-9H,5-7H2,1-4H3. The minimum absolute atomic E-state index is 0.0922. The number of hydrogen-bond donors (Lipinski definition) is 0. The largest absolute Gasteiger partial charge is 0.332 e. The summed E-state index contributed by atoms with van der Waals surface area (Å²) in [6.07, 6.45) is 4.44. The fourth-order valence-electron chi connectivity index (χ4n) is 2.38. The summed E-state index contributed by atoms with van der Waals surface area (Å²) in [5.74, 6) is 0. The number of rotatable bonds is 4. The molecule has 2 aromatic heterocycles. The van der Waals surface area contributed by atoms with E-state index in [9.17, 15) is 9.59 Å². The highest BCUT2D eigenvalue weighted by molar-refractivity contribution is 5.69. The van der Waals surface area contributed by atoms with Crippen molar-refractivity contribution in [3.63, 3.8) is 0 Å². The van der Waals surface area contributed by atoms with E-state index >= 15 is 0 Å². The first-order valence-electron chi connectivity index (χ1n) is 6.61. The Morgan fingerprint density at radius 3 is 2.63 bits per heavy atom. The van der Waals surface area contributed by atoms with Crippen LogP contribution in [-0.2, 0) is 14.1 Å². The lowest BCUT2D eigenvalue weighted by Gasteiger charge is -2.15. The van der Waals surface area contributed by atoms with Crippen molar-refractivity contribution in [2.45, 2.75) is 39.2 Å². The molecule has 0 radical (unpaired) electrons. The summed E-state index contributed by atoms with van der Waals surface area (Å²) < 4.78 is 4.46. The second-order valence-electron chi connectivity index (χ2n) is 5.04. The summed E-state index contributed by atoms with van der Waals surface area (Å²) in [4.78, 5) is 28.9. The molecular weight excluding hydrogens is 244 g/mol. The highest BCUT2D eigenvalue weighted by Gasteiger charge is 2.18. The van der Waals surface area contributed by atoms with E-state index in [0.717, 1.165) is 19.3 Å². The van der Waals surface area contributed by atoms with Crippen LogP contribution in [0.1, 0.15) is 39.2 Å². The average molecular weight is 264 g/mol. The van der Waals surface area contributed by atoms with E-state index in [4.69, 9.17) is 0 Å². The molecule has 2 aromatic rings. The van der Waals surface area contributed by atoms with E-state index in [0.29, 0.717) is 11.2 Å². The van der Waals surface area contributed by atoms with Gasteiger partial charge in [-0.1, -0.05) is 19.8 Å².